The average molecular weight is 231 g/mol. The van der Waals surface area contributed by atoms with Crippen LogP contribution in [0.15, 0.2) is 0 Å². The highest BCUT2D eigenvalue weighted by Gasteiger charge is 2.14. The molecule has 0 aromatic heterocycles. The Bertz CT molecular complexity index is 197. The predicted molar refractivity (Wildman–Crippen MR) is 55.7 cm³/mol. The van der Waals surface area contributed by atoms with Crippen LogP contribution in [-0.4, -0.2) is 32.3 Å². The zero-order chi connectivity index (χ0) is 10.5. The lowest BCUT2D eigenvalue weighted by molar-refractivity contribution is 0.0830. The van der Waals surface area contributed by atoms with Crippen molar-refractivity contribution in [1.82, 2.24) is 0 Å². The largest absolute Gasteiger partial charge is 0.329 e. The van der Waals surface area contributed by atoms with E-state index in [1.54, 1.807) is 6.92 Å². The lowest BCUT2D eigenvalue weighted by Crippen LogP contribution is -2.22. The van der Waals surface area contributed by atoms with Crippen LogP contribution in [0.2, 0.25) is 0 Å². The van der Waals surface area contributed by atoms with Crippen molar-refractivity contribution in [3.05, 3.63) is 0 Å². The number of nitrogens with two attached hydrogens (primary N) is 1. The van der Waals surface area contributed by atoms with Crippen molar-refractivity contribution in [1.29, 1.82) is 0 Å². The zero-order valence-corrected chi connectivity index (χ0v) is 9.59. The van der Waals surface area contributed by atoms with Crippen molar-refractivity contribution in [3.8, 4) is 0 Å². The summed E-state index contributed by atoms with van der Waals surface area (Å²) >= 11 is 0. The van der Waals surface area contributed by atoms with Gasteiger partial charge in [0, 0.05) is 5.75 Å². The van der Waals surface area contributed by atoms with Gasteiger partial charge in [-0.1, -0.05) is 6.92 Å². The summed E-state index contributed by atoms with van der Waals surface area (Å²) in [5, 5.41) is 0. The maximum atomic E-state index is 9.09. The number of hydrogen-bond acceptors (Lipinski definition) is 2. The highest BCUT2D eigenvalue weighted by molar-refractivity contribution is 8.27. The molecule has 0 aliphatic rings. The third-order valence-electron chi connectivity index (χ3n) is 1.45. The van der Waals surface area contributed by atoms with Gasteiger partial charge in [0.1, 0.15) is 0 Å². The second-order valence-electron chi connectivity index (χ2n) is 2.79. The van der Waals surface area contributed by atoms with Crippen molar-refractivity contribution >= 4 is 16.8 Å². The molecule has 13 heavy (non-hydrogen) atoms. The Labute approximate surface area is 80.7 Å². The van der Waals surface area contributed by atoms with Gasteiger partial charge in [-0.05, 0) is 19.1 Å². The van der Waals surface area contributed by atoms with E-state index in [0.717, 1.165) is 6.42 Å². The van der Waals surface area contributed by atoms with Gasteiger partial charge in [0.2, 0.25) is 0 Å². The van der Waals surface area contributed by atoms with Gasteiger partial charge in [-0.15, -0.1) is 10.1 Å². The lowest BCUT2D eigenvalue weighted by Gasteiger charge is -2.17. The molecule has 0 saturated carbocycles. The fourth-order valence-electron chi connectivity index (χ4n) is 0.852. The van der Waals surface area contributed by atoms with Crippen LogP contribution < -0.4 is 5.90 Å². The van der Waals surface area contributed by atoms with Gasteiger partial charge in [0.25, 0.3) is 6.72 Å². The van der Waals surface area contributed by atoms with Crippen LogP contribution >= 0.6 is 6.72 Å². The van der Waals surface area contributed by atoms with Gasteiger partial charge in [-0.2, -0.15) is 0 Å². The molecular formula is C6H18NO4PS. The fourth-order valence-corrected chi connectivity index (χ4v) is 5.07. The number of hydrogen-bond donors (Lipinski definition) is 4. The Hall–Kier alpha value is 0.580. The average Bonchev–Trinajstić information content (AvgIpc) is 2.01. The van der Waals surface area contributed by atoms with E-state index in [0.29, 0.717) is 11.5 Å². The summed E-state index contributed by atoms with van der Waals surface area (Å²) in [7, 11) is -0.799. The van der Waals surface area contributed by atoms with Gasteiger partial charge >= 0.3 is 0 Å². The van der Waals surface area contributed by atoms with Crippen molar-refractivity contribution in [3.63, 3.8) is 0 Å². The smallest absolute Gasteiger partial charge is 0.277 e. The fraction of sp³-hybridized carbons (Fsp3) is 1.00. The van der Waals surface area contributed by atoms with Crippen LogP contribution in [0.3, 0.4) is 0 Å². The highest BCUT2D eigenvalue weighted by Crippen LogP contribution is 2.37. The summed E-state index contributed by atoms with van der Waals surface area (Å²) < 4.78 is 0. The first-order valence-corrected chi connectivity index (χ1v) is 7.84. The SMILES string of the molecule is CCCS(CC(C)ON)=P(O)(O)O. The van der Waals surface area contributed by atoms with Crippen molar-refractivity contribution < 1.29 is 19.5 Å². The summed E-state index contributed by atoms with van der Waals surface area (Å²) in [5.41, 5.74) is 0. The molecule has 0 amide bonds. The Morgan fingerprint density at radius 2 is 2.00 bits per heavy atom. The molecule has 0 rings (SSSR count). The molecule has 0 saturated heterocycles. The van der Waals surface area contributed by atoms with E-state index in [1.807, 2.05) is 6.92 Å². The summed E-state index contributed by atoms with van der Waals surface area (Å²) in [6, 6.07) is 0. The van der Waals surface area contributed by atoms with E-state index < -0.39 is 16.8 Å². The van der Waals surface area contributed by atoms with Crippen LogP contribution in [-0.2, 0) is 14.9 Å². The molecule has 0 radical (unpaired) electrons. The predicted octanol–water partition coefficient (Wildman–Crippen LogP) is -0.0520. The maximum Gasteiger partial charge on any atom is 0.277 e. The summed E-state index contributed by atoms with van der Waals surface area (Å²) in [6.07, 6.45) is 0.532. The number of rotatable bonds is 5. The van der Waals surface area contributed by atoms with E-state index in [2.05, 4.69) is 4.84 Å². The Kier molecular flexibility index (Phi) is 6.41. The van der Waals surface area contributed by atoms with Crippen LogP contribution in [0.1, 0.15) is 20.3 Å². The second kappa shape index (κ2) is 6.14. The third kappa shape index (κ3) is 5.80. The lowest BCUT2D eigenvalue weighted by atomic mass is 10.5. The molecule has 2 atom stereocenters. The molecule has 7 heteroatoms. The molecule has 0 bridgehead atoms. The molecule has 0 aliphatic carbocycles. The molecule has 0 heterocycles. The molecule has 5 N–H and O–H groups in total. The van der Waals surface area contributed by atoms with Crippen LogP contribution in [0.25, 0.3) is 0 Å². The van der Waals surface area contributed by atoms with E-state index in [1.165, 1.54) is 0 Å². The van der Waals surface area contributed by atoms with E-state index >= 15 is 0 Å². The van der Waals surface area contributed by atoms with E-state index in [9.17, 15) is 0 Å². The molecule has 0 spiro atoms. The van der Waals surface area contributed by atoms with Gasteiger partial charge in [0.05, 0.1) is 6.10 Å². The third-order valence-corrected chi connectivity index (χ3v) is 6.95. The van der Waals surface area contributed by atoms with Gasteiger partial charge < -0.3 is 19.5 Å². The molecule has 0 aromatic rings. The Morgan fingerprint density at radius 3 is 2.31 bits per heavy atom. The first-order valence-electron chi connectivity index (χ1n) is 4.02. The second-order valence-corrected chi connectivity index (χ2v) is 8.50. The van der Waals surface area contributed by atoms with Crippen LogP contribution in [0.5, 0.6) is 0 Å². The molecule has 2 unspecified atom stereocenters. The van der Waals surface area contributed by atoms with E-state index in [4.69, 9.17) is 20.6 Å². The molecule has 0 fully saturated rings. The highest BCUT2D eigenvalue weighted by atomic mass is 32.5. The minimum Gasteiger partial charge on any atom is -0.329 e. The summed E-state index contributed by atoms with van der Waals surface area (Å²) in [4.78, 5) is 31.8. The topological polar surface area (TPSA) is 95.9 Å². The standard InChI is InChI=1S/C6H18NO4PS/c1-3-4-13(12(8,9)10)5-6(2)11-7/h6,8-10H,3-5,7H2,1-2H3. The summed E-state index contributed by atoms with van der Waals surface area (Å²) in [6.45, 7) is -0.0695. The van der Waals surface area contributed by atoms with Crippen LogP contribution in [0, 0.1) is 0 Å². The normalized spacial score (nSPS) is 17.1. The Morgan fingerprint density at radius 1 is 1.46 bits per heavy atom. The molecular weight excluding hydrogens is 213 g/mol. The summed E-state index contributed by atoms with van der Waals surface area (Å²) in [5.74, 6) is 5.91. The van der Waals surface area contributed by atoms with Crippen molar-refractivity contribution in [2.75, 3.05) is 11.5 Å². The van der Waals surface area contributed by atoms with E-state index in [-0.39, 0.29) is 6.10 Å². The van der Waals surface area contributed by atoms with Crippen LogP contribution in [0.4, 0.5) is 0 Å². The Balaban J connectivity index is 4.46. The minimum absolute atomic E-state index is 0.263. The molecule has 0 aliphatic heterocycles. The molecule has 5 nitrogen and oxygen atoms in total. The monoisotopic (exact) mass is 231 g/mol. The minimum atomic E-state index is -3.72. The van der Waals surface area contributed by atoms with Crippen molar-refractivity contribution in [2.24, 2.45) is 5.90 Å². The van der Waals surface area contributed by atoms with Gasteiger partial charge in [0.15, 0.2) is 0 Å². The molecule has 0 aromatic carbocycles. The van der Waals surface area contributed by atoms with Crippen molar-refractivity contribution in [2.45, 2.75) is 26.4 Å². The van der Waals surface area contributed by atoms with Gasteiger partial charge in [-0.3, -0.25) is 0 Å². The molecule has 82 valence electrons. The first kappa shape index (κ1) is 13.6. The maximum absolute atomic E-state index is 9.09. The zero-order valence-electron chi connectivity index (χ0n) is 7.88. The van der Waals surface area contributed by atoms with Gasteiger partial charge in [-0.25, -0.2) is 5.90 Å². The quantitative estimate of drug-likeness (QED) is 0.393. The first-order chi connectivity index (χ1) is 5.91.